The summed E-state index contributed by atoms with van der Waals surface area (Å²) in [5.74, 6) is 0. The van der Waals surface area contributed by atoms with Gasteiger partial charge in [0.05, 0.1) is 19.4 Å². The molecule has 0 spiro atoms. The predicted molar refractivity (Wildman–Crippen MR) is 83.9 cm³/mol. The molecule has 1 rings (SSSR count). The Kier molecular flexibility index (Phi) is 6.07. The van der Waals surface area contributed by atoms with Gasteiger partial charge in [0.15, 0.2) is 0 Å². The zero-order chi connectivity index (χ0) is 16.3. The van der Waals surface area contributed by atoms with E-state index in [-0.39, 0.29) is 12.2 Å². The molecule has 1 saturated heterocycles. The van der Waals surface area contributed by atoms with Crippen molar-refractivity contribution in [2.45, 2.75) is 58.0 Å². The summed E-state index contributed by atoms with van der Waals surface area (Å²) in [6.45, 7) is 12.3. The van der Waals surface area contributed by atoms with Gasteiger partial charge in [-0.05, 0) is 41.5 Å². The van der Waals surface area contributed by atoms with Crippen molar-refractivity contribution in [1.29, 1.82) is 0 Å². The average Bonchev–Trinajstić information content (AvgIpc) is 2.33. The summed E-state index contributed by atoms with van der Waals surface area (Å²) in [4.78, 5) is 13.6. The number of carbonyl (C=O) groups is 1. The largest absolute Gasteiger partial charge is 0.591 e. The van der Waals surface area contributed by atoms with Crippen LogP contribution in [-0.2, 0) is 20.8 Å². The number of ether oxygens (including phenoxy) is 2. The lowest BCUT2D eigenvalue weighted by molar-refractivity contribution is -0.0197. The molecule has 0 saturated carbocycles. The van der Waals surface area contributed by atoms with Crippen molar-refractivity contribution >= 4 is 23.7 Å². The van der Waals surface area contributed by atoms with Crippen LogP contribution in [-0.4, -0.2) is 57.9 Å². The van der Waals surface area contributed by atoms with Crippen molar-refractivity contribution in [1.82, 2.24) is 4.90 Å². The maximum atomic E-state index is 12.0. The summed E-state index contributed by atoms with van der Waals surface area (Å²) >= 11 is -1.32. The van der Waals surface area contributed by atoms with Crippen LogP contribution in [0.15, 0.2) is 4.40 Å². The zero-order valence-corrected chi connectivity index (χ0v) is 14.5. The minimum Gasteiger partial charge on any atom is -0.591 e. The Bertz CT molecular complexity index is 387. The van der Waals surface area contributed by atoms with Gasteiger partial charge in [0, 0.05) is 6.54 Å². The molecule has 1 aliphatic rings. The Labute approximate surface area is 130 Å². The summed E-state index contributed by atoms with van der Waals surface area (Å²) in [7, 11) is 0. The molecule has 0 radical (unpaired) electrons. The molecule has 122 valence electrons. The molecule has 1 fully saturated rings. The first-order valence-corrected chi connectivity index (χ1v) is 8.15. The predicted octanol–water partition coefficient (Wildman–Crippen LogP) is 2.16. The second-order valence-electron chi connectivity index (χ2n) is 6.95. The molecule has 1 heterocycles. The smallest absolute Gasteiger partial charge is 0.410 e. The van der Waals surface area contributed by atoms with Gasteiger partial charge >= 0.3 is 6.09 Å². The Morgan fingerprint density at radius 3 is 2.52 bits per heavy atom. The molecular formula is C14H26N2O4S. The molecular weight excluding hydrogens is 292 g/mol. The van der Waals surface area contributed by atoms with Gasteiger partial charge in [-0.15, -0.1) is 0 Å². The monoisotopic (exact) mass is 318 g/mol. The third kappa shape index (κ3) is 6.67. The van der Waals surface area contributed by atoms with Gasteiger partial charge in [-0.25, -0.2) is 4.79 Å². The van der Waals surface area contributed by atoms with E-state index in [0.717, 1.165) is 0 Å². The molecule has 7 heteroatoms. The molecule has 0 aromatic rings. The molecule has 2 atom stereocenters. The first kappa shape index (κ1) is 18.3. The van der Waals surface area contributed by atoms with Crippen LogP contribution in [0, 0.1) is 0 Å². The van der Waals surface area contributed by atoms with Crippen LogP contribution in [0.3, 0.4) is 0 Å². The lowest BCUT2D eigenvalue weighted by atomic mass is 10.2. The van der Waals surface area contributed by atoms with Crippen LogP contribution in [0.1, 0.15) is 41.5 Å². The normalized spacial score (nSPS) is 22.4. The average molecular weight is 318 g/mol. The van der Waals surface area contributed by atoms with Crippen molar-refractivity contribution in [2.75, 3.05) is 19.7 Å². The highest BCUT2D eigenvalue weighted by Gasteiger charge is 2.29. The van der Waals surface area contributed by atoms with Crippen molar-refractivity contribution in [3.05, 3.63) is 0 Å². The number of hydrogen-bond donors (Lipinski definition) is 0. The third-order valence-corrected chi connectivity index (χ3v) is 3.95. The van der Waals surface area contributed by atoms with Crippen LogP contribution < -0.4 is 0 Å². The standard InChI is InChI=1S/C14H26N2O4S/c1-13(2,3)20-12(17)16-7-8-19-11(10-16)9-15-21(18)14(4,5)6/h9,11H,7-8,10H2,1-6H3/b15-9+/t11-,21-/m0/s1. The molecule has 0 aromatic carbocycles. The van der Waals surface area contributed by atoms with Crippen molar-refractivity contribution in [3.63, 3.8) is 0 Å². The van der Waals surface area contributed by atoms with Crippen LogP contribution in [0.5, 0.6) is 0 Å². The maximum Gasteiger partial charge on any atom is 0.410 e. The van der Waals surface area contributed by atoms with E-state index < -0.39 is 21.7 Å². The van der Waals surface area contributed by atoms with Crippen LogP contribution in [0.4, 0.5) is 4.79 Å². The number of rotatable bonds is 2. The summed E-state index contributed by atoms with van der Waals surface area (Å²) in [6, 6.07) is 0. The molecule has 0 bridgehead atoms. The van der Waals surface area contributed by atoms with Crippen molar-refractivity contribution in [3.8, 4) is 0 Å². The Balaban J connectivity index is 2.56. The van der Waals surface area contributed by atoms with Crippen LogP contribution in [0.25, 0.3) is 0 Å². The minimum absolute atomic E-state index is 0.349. The lowest BCUT2D eigenvalue weighted by Gasteiger charge is -2.32. The second kappa shape index (κ2) is 6.98. The molecule has 0 aromatic heterocycles. The van der Waals surface area contributed by atoms with Gasteiger partial charge in [-0.2, -0.15) is 0 Å². The van der Waals surface area contributed by atoms with Gasteiger partial charge in [-0.3, -0.25) is 0 Å². The number of morpholine rings is 1. The van der Waals surface area contributed by atoms with E-state index in [0.29, 0.717) is 19.7 Å². The number of nitrogens with zero attached hydrogens (tertiary/aromatic N) is 2. The molecule has 6 nitrogen and oxygen atoms in total. The first-order chi connectivity index (χ1) is 9.49. The maximum absolute atomic E-state index is 12.0. The number of carbonyl (C=O) groups excluding carboxylic acids is 1. The van der Waals surface area contributed by atoms with E-state index in [1.165, 1.54) is 6.21 Å². The van der Waals surface area contributed by atoms with Crippen molar-refractivity contribution < 1.29 is 18.8 Å². The summed E-state index contributed by atoms with van der Waals surface area (Å²) in [5.41, 5.74) is -0.521. The highest BCUT2D eigenvalue weighted by molar-refractivity contribution is 7.91. The third-order valence-electron chi connectivity index (χ3n) is 2.59. The number of hydrogen-bond acceptors (Lipinski definition) is 5. The van der Waals surface area contributed by atoms with Crippen LogP contribution >= 0.6 is 0 Å². The second-order valence-corrected chi connectivity index (χ2v) is 8.89. The van der Waals surface area contributed by atoms with E-state index in [1.54, 1.807) is 4.90 Å². The quantitative estimate of drug-likeness (QED) is 0.577. The van der Waals surface area contributed by atoms with Crippen molar-refractivity contribution in [2.24, 2.45) is 4.40 Å². The zero-order valence-electron chi connectivity index (χ0n) is 13.7. The van der Waals surface area contributed by atoms with E-state index in [4.69, 9.17) is 9.47 Å². The topological polar surface area (TPSA) is 74.2 Å². The van der Waals surface area contributed by atoms with Gasteiger partial charge in [-0.1, -0.05) is 4.40 Å². The highest BCUT2D eigenvalue weighted by atomic mass is 32.2. The van der Waals surface area contributed by atoms with E-state index >= 15 is 0 Å². The molecule has 0 N–H and O–H groups in total. The Morgan fingerprint density at radius 2 is 2.00 bits per heavy atom. The fraction of sp³-hybridized carbons (Fsp3) is 0.857. The van der Waals surface area contributed by atoms with Gasteiger partial charge in [0.1, 0.15) is 27.8 Å². The fourth-order valence-corrected chi connectivity index (χ4v) is 2.10. The molecule has 0 unspecified atom stereocenters. The van der Waals surface area contributed by atoms with E-state index in [2.05, 4.69) is 4.40 Å². The molecule has 21 heavy (non-hydrogen) atoms. The summed E-state index contributed by atoms with van der Waals surface area (Å²) < 4.78 is 26.3. The van der Waals surface area contributed by atoms with E-state index in [1.807, 2.05) is 41.5 Å². The van der Waals surface area contributed by atoms with Crippen LogP contribution in [0.2, 0.25) is 0 Å². The van der Waals surface area contributed by atoms with Gasteiger partial charge < -0.3 is 18.9 Å². The first-order valence-electron chi connectivity index (χ1n) is 7.05. The lowest BCUT2D eigenvalue weighted by Crippen LogP contribution is -2.48. The summed E-state index contributed by atoms with van der Waals surface area (Å²) in [6.07, 6.45) is 0.816. The molecule has 0 aliphatic carbocycles. The molecule has 1 aliphatic heterocycles. The van der Waals surface area contributed by atoms with Gasteiger partial charge in [0.2, 0.25) is 0 Å². The van der Waals surface area contributed by atoms with Gasteiger partial charge in [0.25, 0.3) is 0 Å². The Hall–Kier alpha value is -0.790. The molecule has 1 amide bonds. The van der Waals surface area contributed by atoms with E-state index in [9.17, 15) is 9.35 Å². The summed E-state index contributed by atoms with van der Waals surface area (Å²) in [5, 5.41) is 0. The highest BCUT2D eigenvalue weighted by Crippen LogP contribution is 2.17. The minimum atomic E-state index is -1.32. The Morgan fingerprint density at radius 1 is 1.38 bits per heavy atom. The SMILES string of the molecule is CC(C)(C)OC(=O)N1CCO[C@@H](/C=N/[S@@+]([O-])C(C)(C)C)C1. The number of amides is 1. The fourth-order valence-electron chi connectivity index (χ4n) is 1.54.